The van der Waals surface area contributed by atoms with E-state index >= 15 is 0 Å². The molecule has 1 atom stereocenters. The maximum atomic E-state index is 11.2. The van der Waals surface area contributed by atoms with Crippen LogP contribution in [0.5, 0.6) is 0 Å². The largest absolute Gasteiger partial charge is 0.480 e. The molecule has 4 heteroatoms. The second-order valence-electron chi connectivity index (χ2n) is 4.05. The average Bonchev–Trinajstić information content (AvgIpc) is 2.93. The minimum Gasteiger partial charge on any atom is -0.480 e. The summed E-state index contributed by atoms with van der Waals surface area (Å²) >= 11 is 1.47. The molecule has 0 bridgehead atoms. The van der Waals surface area contributed by atoms with Crippen LogP contribution in [0, 0.1) is 5.92 Å². The second-order valence-corrected chi connectivity index (χ2v) is 5.48. The van der Waals surface area contributed by atoms with Gasteiger partial charge in [-0.15, -0.1) is 11.8 Å². The molecule has 2 rings (SSSR count). The molecule has 1 fully saturated rings. The molecule has 1 aliphatic carbocycles. The smallest absolute Gasteiger partial charge is 0.319 e. The third kappa shape index (κ3) is 2.20. The monoisotopic (exact) mass is 226 g/mol. The van der Waals surface area contributed by atoms with Gasteiger partial charge in [0.05, 0.1) is 12.0 Å². The fourth-order valence-corrected chi connectivity index (χ4v) is 2.81. The zero-order chi connectivity index (χ0) is 10.9. The van der Waals surface area contributed by atoms with Gasteiger partial charge >= 0.3 is 5.97 Å². The Bertz CT molecular complexity index is 343. The Labute approximate surface area is 92.9 Å². The lowest BCUT2D eigenvalue weighted by atomic mass is 10.1. The highest BCUT2D eigenvalue weighted by molar-refractivity contribution is 8.00. The van der Waals surface area contributed by atoms with Crippen LogP contribution in [0.2, 0.25) is 0 Å². The minimum absolute atomic E-state index is 0.329. The fourth-order valence-electron chi connectivity index (χ4n) is 1.60. The molecule has 0 aliphatic heterocycles. The van der Waals surface area contributed by atoms with Crippen molar-refractivity contribution in [1.29, 1.82) is 0 Å². The van der Waals surface area contributed by atoms with E-state index in [0.717, 1.165) is 18.6 Å². The fraction of sp³-hybridized carbons (Fsp3) is 0.545. The molecule has 1 heterocycles. The number of hydrogen-bond donors (Lipinski definition) is 1. The second kappa shape index (κ2) is 3.93. The van der Waals surface area contributed by atoms with Crippen LogP contribution in [0.1, 0.15) is 25.5 Å². The molecule has 0 radical (unpaired) electrons. The van der Waals surface area contributed by atoms with Crippen molar-refractivity contribution in [2.45, 2.75) is 30.3 Å². The summed E-state index contributed by atoms with van der Waals surface area (Å²) in [5.74, 6) is 1.09. The van der Waals surface area contributed by atoms with E-state index in [1.807, 2.05) is 19.1 Å². The van der Waals surface area contributed by atoms with E-state index in [1.165, 1.54) is 11.8 Å². The summed E-state index contributed by atoms with van der Waals surface area (Å²) in [5, 5.41) is 9.22. The number of furan rings is 1. The van der Waals surface area contributed by atoms with E-state index in [1.54, 1.807) is 6.26 Å². The Hall–Kier alpha value is -0.900. The molecule has 0 aromatic carbocycles. The summed E-state index contributed by atoms with van der Waals surface area (Å²) in [6, 6.07) is 3.70. The molecule has 82 valence electrons. The van der Waals surface area contributed by atoms with Crippen molar-refractivity contribution in [3.8, 4) is 0 Å². The molecule has 1 aromatic rings. The number of rotatable bonds is 5. The summed E-state index contributed by atoms with van der Waals surface area (Å²) in [6.07, 6.45) is 3.69. The predicted octanol–water partition coefficient (Wildman–Crippen LogP) is 2.77. The molecule has 15 heavy (non-hydrogen) atoms. The number of aliphatic carboxylic acids is 1. The third-order valence-corrected chi connectivity index (χ3v) is 4.41. The van der Waals surface area contributed by atoms with E-state index < -0.39 is 10.7 Å². The molecule has 1 saturated carbocycles. The van der Waals surface area contributed by atoms with Gasteiger partial charge in [0.2, 0.25) is 0 Å². The Morgan fingerprint density at radius 1 is 1.73 bits per heavy atom. The first-order chi connectivity index (χ1) is 7.13. The highest BCUT2D eigenvalue weighted by atomic mass is 32.2. The molecular formula is C11H14O3S. The van der Waals surface area contributed by atoms with Crippen molar-refractivity contribution in [3.63, 3.8) is 0 Å². The van der Waals surface area contributed by atoms with Crippen molar-refractivity contribution >= 4 is 17.7 Å². The predicted molar refractivity (Wildman–Crippen MR) is 58.8 cm³/mol. The molecule has 0 saturated heterocycles. The van der Waals surface area contributed by atoms with Crippen molar-refractivity contribution in [3.05, 3.63) is 24.2 Å². The summed E-state index contributed by atoms with van der Waals surface area (Å²) < 4.78 is 4.55. The van der Waals surface area contributed by atoms with Crippen LogP contribution < -0.4 is 0 Å². The van der Waals surface area contributed by atoms with Crippen LogP contribution in [0.3, 0.4) is 0 Å². The Balaban J connectivity index is 1.98. The summed E-state index contributed by atoms with van der Waals surface area (Å²) in [6.45, 7) is 1.82. The zero-order valence-corrected chi connectivity index (χ0v) is 9.42. The molecule has 1 aliphatic rings. The highest BCUT2D eigenvalue weighted by Gasteiger charge is 2.47. The van der Waals surface area contributed by atoms with Gasteiger partial charge in [0.15, 0.2) is 0 Å². The normalized spacial score (nSPS) is 19.8. The SMILES string of the molecule is CC(SCc1ccco1)(C(=O)O)C1CC1. The van der Waals surface area contributed by atoms with Gasteiger partial charge in [-0.05, 0) is 37.8 Å². The first-order valence-corrected chi connectivity index (χ1v) is 6.01. The highest BCUT2D eigenvalue weighted by Crippen LogP contribution is 2.48. The van der Waals surface area contributed by atoms with Crippen LogP contribution in [0.25, 0.3) is 0 Å². The standard InChI is InChI=1S/C11H14O3S/c1-11(10(12)13,8-4-5-8)15-7-9-3-2-6-14-9/h2-3,6,8H,4-5,7H2,1H3,(H,12,13). The van der Waals surface area contributed by atoms with Crippen LogP contribution >= 0.6 is 11.8 Å². The quantitative estimate of drug-likeness (QED) is 0.838. The van der Waals surface area contributed by atoms with E-state index in [2.05, 4.69) is 0 Å². The molecule has 0 spiro atoms. The van der Waals surface area contributed by atoms with E-state index in [9.17, 15) is 9.90 Å². The van der Waals surface area contributed by atoms with E-state index in [0.29, 0.717) is 11.7 Å². The lowest BCUT2D eigenvalue weighted by Crippen LogP contribution is -2.33. The maximum Gasteiger partial charge on any atom is 0.319 e. The zero-order valence-electron chi connectivity index (χ0n) is 8.60. The summed E-state index contributed by atoms with van der Waals surface area (Å²) in [7, 11) is 0. The van der Waals surface area contributed by atoms with Crippen LogP contribution in [0.15, 0.2) is 22.8 Å². The Morgan fingerprint density at radius 3 is 2.93 bits per heavy atom. The van der Waals surface area contributed by atoms with Gasteiger partial charge in [-0.1, -0.05) is 0 Å². The number of hydrogen-bond acceptors (Lipinski definition) is 3. The lowest BCUT2D eigenvalue weighted by Gasteiger charge is -2.23. The number of carboxylic acid groups (broad SMARTS) is 1. The van der Waals surface area contributed by atoms with Crippen LogP contribution in [-0.2, 0) is 10.5 Å². The van der Waals surface area contributed by atoms with Gasteiger partial charge in [-0.2, -0.15) is 0 Å². The van der Waals surface area contributed by atoms with Crippen molar-refractivity contribution in [2.24, 2.45) is 5.92 Å². The molecule has 3 nitrogen and oxygen atoms in total. The van der Waals surface area contributed by atoms with Crippen molar-refractivity contribution < 1.29 is 14.3 Å². The lowest BCUT2D eigenvalue weighted by molar-refractivity contribution is -0.139. The van der Waals surface area contributed by atoms with E-state index in [4.69, 9.17) is 4.42 Å². The van der Waals surface area contributed by atoms with Gasteiger partial charge < -0.3 is 9.52 Å². The van der Waals surface area contributed by atoms with Gasteiger partial charge in [0.25, 0.3) is 0 Å². The molecule has 1 N–H and O–H groups in total. The summed E-state index contributed by atoms with van der Waals surface area (Å²) in [4.78, 5) is 11.2. The number of thioether (sulfide) groups is 1. The van der Waals surface area contributed by atoms with Gasteiger partial charge in [0.1, 0.15) is 10.5 Å². The van der Waals surface area contributed by atoms with Gasteiger partial charge in [-0.3, -0.25) is 4.79 Å². The van der Waals surface area contributed by atoms with Crippen molar-refractivity contribution in [1.82, 2.24) is 0 Å². The topological polar surface area (TPSA) is 50.4 Å². The third-order valence-electron chi connectivity index (χ3n) is 2.88. The molecule has 1 unspecified atom stereocenters. The van der Waals surface area contributed by atoms with Crippen molar-refractivity contribution in [2.75, 3.05) is 0 Å². The van der Waals surface area contributed by atoms with E-state index in [-0.39, 0.29) is 0 Å². The summed E-state index contributed by atoms with van der Waals surface area (Å²) in [5.41, 5.74) is 0. The Morgan fingerprint density at radius 2 is 2.47 bits per heavy atom. The first kappa shape index (κ1) is 10.6. The molecular weight excluding hydrogens is 212 g/mol. The van der Waals surface area contributed by atoms with Gasteiger partial charge in [-0.25, -0.2) is 0 Å². The number of carboxylic acids is 1. The van der Waals surface area contributed by atoms with Crippen LogP contribution in [-0.4, -0.2) is 15.8 Å². The molecule has 1 aromatic heterocycles. The number of carbonyl (C=O) groups is 1. The van der Waals surface area contributed by atoms with Crippen LogP contribution in [0.4, 0.5) is 0 Å². The average molecular weight is 226 g/mol. The Kier molecular flexibility index (Phi) is 2.78. The first-order valence-electron chi connectivity index (χ1n) is 5.02. The minimum atomic E-state index is -0.707. The van der Waals surface area contributed by atoms with Gasteiger partial charge in [0, 0.05) is 0 Å². The molecule has 0 amide bonds. The maximum absolute atomic E-state index is 11.2.